The van der Waals surface area contributed by atoms with Gasteiger partial charge in [-0.1, -0.05) is 25.1 Å². The SMILES string of the molecule is CCC(OC)C(NC)c1cccc2cnccc12. The molecule has 1 aromatic carbocycles. The van der Waals surface area contributed by atoms with Gasteiger partial charge < -0.3 is 10.1 Å². The Morgan fingerprint density at radius 1 is 1.33 bits per heavy atom. The molecule has 2 aromatic rings. The molecule has 0 aliphatic carbocycles. The quantitative estimate of drug-likeness (QED) is 0.878. The second-order valence-electron chi connectivity index (χ2n) is 4.39. The number of hydrogen-bond acceptors (Lipinski definition) is 3. The minimum Gasteiger partial charge on any atom is -0.379 e. The van der Waals surface area contributed by atoms with Crippen LogP contribution in [0.15, 0.2) is 36.7 Å². The number of methoxy groups -OCH3 is 1. The van der Waals surface area contributed by atoms with Gasteiger partial charge in [-0.05, 0) is 30.5 Å². The Bertz CT molecular complexity index is 503. The molecule has 2 unspecified atom stereocenters. The van der Waals surface area contributed by atoms with Crippen molar-refractivity contribution in [3.05, 3.63) is 42.2 Å². The molecule has 0 bridgehead atoms. The van der Waals surface area contributed by atoms with Crippen molar-refractivity contribution in [1.29, 1.82) is 0 Å². The first-order valence-electron chi connectivity index (χ1n) is 6.34. The molecule has 1 heterocycles. The number of fused-ring (bicyclic) bond motifs is 1. The molecular weight excluding hydrogens is 224 g/mol. The third-order valence-corrected chi connectivity index (χ3v) is 3.44. The first-order chi connectivity index (χ1) is 8.81. The normalized spacial score (nSPS) is 14.6. The van der Waals surface area contributed by atoms with Crippen molar-refractivity contribution in [3.8, 4) is 0 Å². The number of ether oxygens (including phenoxy) is 1. The predicted octanol–water partition coefficient (Wildman–Crippen LogP) is 2.92. The largest absolute Gasteiger partial charge is 0.379 e. The first-order valence-corrected chi connectivity index (χ1v) is 6.34. The summed E-state index contributed by atoms with van der Waals surface area (Å²) in [7, 11) is 3.75. The summed E-state index contributed by atoms with van der Waals surface area (Å²) in [5.74, 6) is 0. The fourth-order valence-corrected chi connectivity index (χ4v) is 2.50. The van der Waals surface area contributed by atoms with Gasteiger partial charge in [0.1, 0.15) is 0 Å². The molecule has 2 atom stereocenters. The van der Waals surface area contributed by atoms with Crippen LogP contribution in [-0.4, -0.2) is 25.2 Å². The summed E-state index contributed by atoms with van der Waals surface area (Å²) in [4.78, 5) is 4.17. The number of hydrogen-bond donors (Lipinski definition) is 1. The highest BCUT2D eigenvalue weighted by Gasteiger charge is 2.21. The fourth-order valence-electron chi connectivity index (χ4n) is 2.50. The number of rotatable bonds is 5. The van der Waals surface area contributed by atoms with Crippen LogP contribution >= 0.6 is 0 Å². The van der Waals surface area contributed by atoms with Crippen molar-refractivity contribution in [3.63, 3.8) is 0 Å². The molecule has 0 fully saturated rings. The van der Waals surface area contributed by atoms with Crippen LogP contribution in [0.5, 0.6) is 0 Å². The zero-order valence-corrected chi connectivity index (χ0v) is 11.2. The standard InChI is InChI=1S/C15H20N2O/c1-4-14(18-3)15(16-2)13-7-5-6-11-10-17-9-8-12(11)13/h5-10,14-16H,4H2,1-3H3. The van der Waals surface area contributed by atoms with Gasteiger partial charge in [-0.3, -0.25) is 4.98 Å². The molecule has 2 rings (SSSR count). The summed E-state index contributed by atoms with van der Waals surface area (Å²) in [5.41, 5.74) is 1.27. The lowest BCUT2D eigenvalue weighted by molar-refractivity contribution is 0.0680. The average Bonchev–Trinajstić information content (AvgIpc) is 2.44. The van der Waals surface area contributed by atoms with Crippen LogP contribution in [-0.2, 0) is 4.74 Å². The Balaban J connectivity index is 2.51. The maximum Gasteiger partial charge on any atom is 0.0763 e. The minimum absolute atomic E-state index is 0.175. The second-order valence-corrected chi connectivity index (χ2v) is 4.39. The fraction of sp³-hybridized carbons (Fsp3) is 0.400. The Labute approximate surface area is 108 Å². The molecule has 0 aliphatic rings. The van der Waals surface area contributed by atoms with Gasteiger partial charge in [-0.25, -0.2) is 0 Å². The topological polar surface area (TPSA) is 34.1 Å². The van der Waals surface area contributed by atoms with Crippen molar-refractivity contribution in [1.82, 2.24) is 10.3 Å². The molecule has 1 aromatic heterocycles. The van der Waals surface area contributed by atoms with E-state index < -0.39 is 0 Å². The molecule has 0 saturated carbocycles. The molecule has 96 valence electrons. The van der Waals surface area contributed by atoms with Crippen molar-refractivity contribution in [2.45, 2.75) is 25.5 Å². The van der Waals surface area contributed by atoms with E-state index in [0.717, 1.165) is 6.42 Å². The van der Waals surface area contributed by atoms with Gasteiger partial charge in [0.05, 0.1) is 12.1 Å². The van der Waals surface area contributed by atoms with Gasteiger partial charge in [0.25, 0.3) is 0 Å². The number of pyridine rings is 1. The third kappa shape index (κ3) is 2.37. The molecule has 0 spiro atoms. The van der Waals surface area contributed by atoms with Crippen LogP contribution in [0.1, 0.15) is 24.9 Å². The van der Waals surface area contributed by atoms with E-state index in [0.29, 0.717) is 0 Å². The van der Waals surface area contributed by atoms with Crippen LogP contribution in [0.3, 0.4) is 0 Å². The number of aromatic nitrogens is 1. The summed E-state index contributed by atoms with van der Waals surface area (Å²) in [5, 5.41) is 5.77. The van der Waals surface area contributed by atoms with Gasteiger partial charge in [-0.2, -0.15) is 0 Å². The Kier molecular flexibility index (Phi) is 4.28. The molecule has 0 amide bonds. The molecule has 0 aliphatic heterocycles. The number of nitrogens with one attached hydrogen (secondary N) is 1. The molecule has 18 heavy (non-hydrogen) atoms. The summed E-state index contributed by atoms with van der Waals surface area (Å²) in [6, 6.07) is 8.59. The number of benzene rings is 1. The molecule has 0 saturated heterocycles. The number of nitrogens with zero attached hydrogens (tertiary/aromatic N) is 1. The van der Waals surface area contributed by atoms with Crippen LogP contribution in [0.4, 0.5) is 0 Å². The molecule has 1 N–H and O–H groups in total. The van der Waals surface area contributed by atoms with Crippen molar-refractivity contribution in [2.75, 3.05) is 14.2 Å². The third-order valence-electron chi connectivity index (χ3n) is 3.44. The Morgan fingerprint density at radius 3 is 2.83 bits per heavy atom. The lowest BCUT2D eigenvalue weighted by Gasteiger charge is -2.26. The highest BCUT2D eigenvalue weighted by Crippen LogP contribution is 2.27. The van der Waals surface area contributed by atoms with Crippen LogP contribution in [0, 0.1) is 0 Å². The number of likely N-dealkylation sites (N-methyl/N-ethyl adjacent to an activating group) is 1. The zero-order valence-electron chi connectivity index (χ0n) is 11.2. The highest BCUT2D eigenvalue weighted by atomic mass is 16.5. The lowest BCUT2D eigenvalue weighted by Crippen LogP contribution is -2.30. The van der Waals surface area contributed by atoms with Gasteiger partial charge in [0.2, 0.25) is 0 Å². The smallest absolute Gasteiger partial charge is 0.0763 e. The maximum absolute atomic E-state index is 5.58. The summed E-state index contributed by atoms with van der Waals surface area (Å²) in [6.45, 7) is 2.14. The predicted molar refractivity (Wildman–Crippen MR) is 74.6 cm³/mol. The monoisotopic (exact) mass is 244 g/mol. The summed E-state index contributed by atoms with van der Waals surface area (Å²) in [6.07, 6.45) is 4.89. The van der Waals surface area contributed by atoms with Gasteiger partial charge >= 0.3 is 0 Å². The highest BCUT2D eigenvalue weighted by molar-refractivity contribution is 5.85. The molecule has 0 radical (unpaired) electrons. The van der Waals surface area contributed by atoms with Gasteiger partial charge in [0, 0.05) is 24.9 Å². The van der Waals surface area contributed by atoms with E-state index in [1.165, 1.54) is 16.3 Å². The molecule has 3 heteroatoms. The van der Waals surface area contributed by atoms with E-state index in [2.05, 4.69) is 41.5 Å². The van der Waals surface area contributed by atoms with E-state index in [9.17, 15) is 0 Å². The van der Waals surface area contributed by atoms with Gasteiger partial charge in [0.15, 0.2) is 0 Å². The van der Waals surface area contributed by atoms with Crippen molar-refractivity contribution >= 4 is 10.8 Å². The summed E-state index contributed by atoms with van der Waals surface area (Å²) < 4.78 is 5.58. The van der Waals surface area contributed by atoms with E-state index >= 15 is 0 Å². The average molecular weight is 244 g/mol. The van der Waals surface area contributed by atoms with Crippen LogP contribution < -0.4 is 5.32 Å². The Morgan fingerprint density at radius 2 is 2.17 bits per heavy atom. The summed E-state index contributed by atoms with van der Waals surface area (Å²) >= 11 is 0. The lowest BCUT2D eigenvalue weighted by atomic mass is 9.95. The minimum atomic E-state index is 0.175. The van der Waals surface area contributed by atoms with E-state index in [4.69, 9.17) is 4.74 Å². The molecular formula is C15H20N2O. The zero-order chi connectivity index (χ0) is 13.0. The molecule has 3 nitrogen and oxygen atoms in total. The second kappa shape index (κ2) is 5.94. The Hall–Kier alpha value is -1.45. The van der Waals surface area contributed by atoms with E-state index in [1.54, 1.807) is 7.11 Å². The van der Waals surface area contributed by atoms with Crippen LogP contribution in [0.2, 0.25) is 0 Å². The first kappa shape index (κ1) is 13.0. The maximum atomic E-state index is 5.58. The van der Waals surface area contributed by atoms with E-state index in [1.807, 2.05) is 19.4 Å². The van der Waals surface area contributed by atoms with Crippen molar-refractivity contribution in [2.24, 2.45) is 0 Å². The van der Waals surface area contributed by atoms with Crippen LogP contribution in [0.25, 0.3) is 10.8 Å². The van der Waals surface area contributed by atoms with Gasteiger partial charge in [-0.15, -0.1) is 0 Å². The van der Waals surface area contributed by atoms with E-state index in [-0.39, 0.29) is 12.1 Å². The van der Waals surface area contributed by atoms with Crippen molar-refractivity contribution < 1.29 is 4.74 Å².